The lowest BCUT2D eigenvalue weighted by Gasteiger charge is -2.27. The molecule has 0 saturated carbocycles. The van der Waals surface area contributed by atoms with Crippen LogP contribution < -0.4 is 10.1 Å². The number of rotatable bonds is 4. The first-order chi connectivity index (χ1) is 10.2. The number of fused-ring (bicyclic) bond motifs is 1. The molecule has 3 rings (SSSR count). The number of nitrogens with one attached hydrogen (secondary N) is 1. The number of benzene rings is 1. The third-order valence-corrected chi connectivity index (χ3v) is 5.56. The number of hydrogen-bond acceptors (Lipinski definition) is 3. The molecule has 2 nitrogen and oxygen atoms in total. The zero-order valence-corrected chi connectivity index (χ0v) is 13.8. The fourth-order valence-corrected chi connectivity index (χ4v) is 4.08. The van der Waals surface area contributed by atoms with E-state index in [-0.39, 0.29) is 0 Å². The fraction of sp³-hybridized carbons (Fsp3) is 0.444. The SMILES string of the molecule is COc1ccc2c(c1)C(NCc1cc(C)c(C)s1)CCC2. The minimum Gasteiger partial charge on any atom is -0.497 e. The molecule has 1 aliphatic carbocycles. The summed E-state index contributed by atoms with van der Waals surface area (Å²) in [5.74, 6) is 0.963. The van der Waals surface area contributed by atoms with Gasteiger partial charge in [-0.3, -0.25) is 0 Å². The molecule has 1 heterocycles. The van der Waals surface area contributed by atoms with Crippen LogP contribution in [0.25, 0.3) is 0 Å². The second-order valence-electron chi connectivity index (χ2n) is 5.84. The molecular weight excluding hydrogens is 278 g/mol. The van der Waals surface area contributed by atoms with Gasteiger partial charge >= 0.3 is 0 Å². The number of methoxy groups -OCH3 is 1. The van der Waals surface area contributed by atoms with E-state index in [1.165, 1.54) is 45.7 Å². The van der Waals surface area contributed by atoms with E-state index < -0.39 is 0 Å². The van der Waals surface area contributed by atoms with Crippen molar-refractivity contribution in [3.63, 3.8) is 0 Å². The van der Waals surface area contributed by atoms with E-state index in [0.29, 0.717) is 6.04 Å². The first-order valence-corrected chi connectivity index (χ1v) is 8.45. The first kappa shape index (κ1) is 14.6. The monoisotopic (exact) mass is 301 g/mol. The molecule has 0 radical (unpaired) electrons. The van der Waals surface area contributed by atoms with Gasteiger partial charge in [-0.1, -0.05) is 6.07 Å². The van der Waals surface area contributed by atoms with Gasteiger partial charge in [0.1, 0.15) is 5.75 Å². The molecule has 1 aromatic heterocycles. The average molecular weight is 301 g/mol. The summed E-state index contributed by atoms with van der Waals surface area (Å²) in [5, 5.41) is 3.74. The van der Waals surface area contributed by atoms with E-state index in [0.717, 1.165) is 12.3 Å². The topological polar surface area (TPSA) is 21.3 Å². The molecule has 1 N–H and O–H groups in total. The summed E-state index contributed by atoms with van der Waals surface area (Å²) in [6, 6.07) is 9.26. The summed E-state index contributed by atoms with van der Waals surface area (Å²) in [7, 11) is 1.74. The highest BCUT2D eigenvalue weighted by Gasteiger charge is 2.20. The molecule has 21 heavy (non-hydrogen) atoms. The van der Waals surface area contributed by atoms with Crippen LogP contribution in [0.2, 0.25) is 0 Å². The van der Waals surface area contributed by atoms with Crippen molar-refractivity contribution >= 4 is 11.3 Å². The zero-order valence-electron chi connectivity index (χ0n) is 13.0. The summed E-state index contributed by atoms with van der Waals surface area (Å²) in [6.45, 7) is 5.35. The maximum absolute atomic E-state index is 5.38. The Morgan fingerprint density at radius 1 is 1.29 bits per heavy atom. The summed E-state index contributed by atoms with van der Waals surface area (Å²) < 4.78 is 5.38. The molecule has 3 heteroatoms. The molecule has 0 fully saturated rings. The Bertz CT molecular complexity index is 613. The molecule has 112 valence electrons. The van der Waals surface area contributed by atoms with Gasteiger partial charge in [-0.05, 0) is 68.0 Å². The molecule has 2 aromatic rings. The van der Waals surface area contributed by atoms with E-state index >= 15 is 0 Å². The minimum absolute atomic E-state index is 0.451. The van der Waals surface area contributed by atoms with Crippen molar-refractivity contribution < 1.29 is 4.74 Å². The number of ether oxygens (including phenoxy) is 1. The smallest absolute Gasteiger partial charge is 0.119 e. The van der Waals surface area contributed by atoms with Gasteiger partial charge < -0.3 is 10.1 Å². The van der Waals surface area contributed by atoms with Gasteiger partial charge in [-0.25, -0.2) is 0 Å². The predicted octanol–water partition coefficient (Wildman–Crippen LogP) is 4.54. The third kappa shape index (κ3) is 3.14. The van der Waals surface area contributed by atoms with Crippen molar-refractivity contribution in [1.82, 2.24) is 5.32 Å². The molecule has 0 aliphatic heterocycles. The highest BCUT2D eigenvalue weighted by Crippen LogP contribution is 2.33. The quantitative estimate of drug-likeness (QED) is 0.895. The Hall–Kier alpha value is -1.32. The van der Waals surface area contributed by atoms with Gasteiger partial charge in [0, 0.05) is 22.3 Å². The first-order valence-electron chi connectivity index (χ1n) is 7.63. The lowest BCUT2D eigenvalue weighted by atomic mass is 9.87. The molecule has 1 unspecified atom stereocenters. The molecular formula is C18H23NOS. The van der Waals surface area contributed by atoms with Gasteiger partial charge in [0.05, 0.1) is 7.11 Å². The van der Waals surface area contributed by atoms with E-state index in [2.05, 4.69) is 43.4 Å². The molecule has 0 spiro atoms. The summed E-state index contributed by atoms with van der Waals surface area (Å²) >= 11 is 1.90. The van der Waals surface area contributed by atoms with Crippen LogP contribution in [0.3, 0.4) is 0 Å². The van der Waals surface area contributed by atoms with Crippen molar-refractivity contribution in [1.29, 1.82) is 0 Å². The van der Waals surface area contributed by atoms with Gasteiger partial charge in [0.25, 0.3) is 0 Å². The Kier molecular flexibility index (Phi) is 4.32. The molecule has 0 bridgehead atoms. The summed E-state index contributed by atoms with van der Waals surface area (Å²) in [6.07, 6.45) is 3.66. The number of thiophene rings is 1. The van der Waals surface area contributed by atoms with Gasteiger partial charge in [0.2, 0.25) is 0 Å². The second kappa shape index (κ2) is 6.20. The van der Waals surface area contributed by atoms with Crippen molar-refractivity contribution in [2.75, 3.05) is 7.11 Å². The average Bonchev–Trinajstić information content (AvgIpc) is 2.83. The van der Waals surface area contributed by atoms with E-state index in [1.54, 1.807) is 7.11 Å². The Morgan fingerprint density at radius 2 is 2.14 bits per heavy atom. The van der Waals surface area contributed by atoms with Crippen LogP contribution in [0.1, 0.15) is 45.3 Å². The maximum atomic E-state index is 5.38. The molecule has 1 aliphatic rings. The van der Waals surface area contributed by atoms with Crippen LogP contribution in [0.4, 0.5) is 0 Å². The lowest BCUT2D eigenvalue weighted by Crippen LogP contribution is -2.24. The highest BCUT2D eigenvalue weighted by molar-refractivity contribution is 7.12. The molecule has 0 amide bonds. The van der Waals surface area contributed by atoms with Crippen LogP contribution >= 0.6 is 11.3 Å². The maximum Gasteiger partial charge on any atom is 0.119 e. The van der Waals surface area contributed by atoms with Crippen LogP contribution in [0, 0.1) is 13.8 Å². The molecule has 1 atom stereocenters. The minimum atomic E-state index is 0.451. The lowest BCUT2D eigenvalue weighted by molar-refractivity contribution is 0.408. The van der Waals surface area contributed by atoms with E-state index in [1.807, 2.05) is 11.3 Å². The number of hydrogen-bond donors (Lipinski definition) is 1. The van der Waals surface area contributed by atoms with E-state index in [9.17, 15) is 0 Å². The summed E-state index contributed by atoms with van der Waals surface area (Å²) in [5.41, 5.74) is 4.30. The van der Waals surface area contributed by atoms with Crippen LogP contribution in [-0.4, -0.2) is 7.11 Å². The third-order valence-electron chi connectivity index (χ3n) is 4.41. The normalized spacial score (nSPS) is 17.6. The Morgan fingerprint density at radius 3 is 2.86 bits per heavy atom. The van der Waals surface area contributed by atoms with Gasteiger partial charge in [-0.2, -0.15) is 0 Å². The van der Waals surface area contributed by atoms with Crippen LogP contribution in [0.5, 0.6) is 5.75 Å². The van der Waals surface area contributed by atoms with Crippen LogP contribution in [0.15, 0.2) is 24.3 Å². The summed E-state index contributed by atoms with van der Waals surface area (Å²) in [4.78, 5) is 2.86. The van der Waals surface area contributed by atoms with Gasteiger partial charge in [0.15, 0.2) is 0 Å². The van der Waals surface area contributed by atoms with Crippen molar-refractivity contribution in [3.8, 4) is 5.75 Å². The molecule has 0 saturated heterocycles. The van der Waals surface area contributed by atoms with E-state index in [4.69, 9.17) is 4.74 Å². The van der Waals surface area contributed by atoms with Crippen LogP contribution in [-0.2, 0) is 13.0 Å². The fourth-order valence-electron chi connectivity index (χ4n) is 3.08. The second-order valence-corrected chi connectivity index (χ2v) is 7.18. The highest BCUT2D eigenvalue weighted by atomic mass is 32.1. The largest absolute Gasteiger partial charge is 0.497 e. The predicted molar refractivity (Wildman–Crippen MR) is 89.3 cm³/mol. The number of aryl methyl sites for hydroxylation is 3. The zero-order chi connectivity index (χ0) is 14.8. The standard InChI is InChI=1S/C18H23NOS/c1-12-9-16(21-13(12)2)11-19-18-6-4-5-14-7-8-15(20-3)10-17(14)18/h7-10,18-19H,4-6,11H2,1-3H3. The van der Waals surface area contributed by atoms with Gasteiger partial charge in [-0.15, -0.1) is 11.3 Å². The Balaban J connectivity index is 1.75. The molecule has 1 aromatic carbocycles. The van der Waals surface area contributed by atoms with Crippen molar-refractivity contribution in [2.45, 2.75) is 45.7 Å². The van der Waals surface area contributed by atoms with Crippen molar-refractivity contribution in [2.24, 2.45) is 0 Å². The van der Waals surface area contributed by atoms with Crippen molar-refractivity contribution in [3.05, 3.63) is 50.7 Å². The Labute approximate surface area is 131 Å².